The van der Waals surface area contributed by atoms with Gasteiger partial charge in [-0.1, -0.05) is 18.2 Å². The molecule has 1 aliphatic rings. The molecular formula is C17H13FN2O3S. The molecule has 2 aromatic rings. The Labute approximate surface area is 141 Å². The molecule has 1 aliphatic heterocycles. The number of hydrogen-bond acceptors (Lipinski definition) is 4. The van der Waals surface area contributed by atoms with Crippen LogP contribution in [-0.4, -0.2) is 22.3 Å². The van der Waals surface area contributed by atoms with Gasteiger partial charge in [-0.15, -0.1) is 0 Å². The summed E-state index contributed by atoms with van der Waals surface area (Å²) in [5, 5.41) is 1.43. The van der Waals surface area contributed by atoms with Gasteiger partial charge in [-0.2, -0.15) is 0 Å². The molecule has 0 saturated carbocycles. The second-order valence-electron chi connectivity index (χ2n) is 5.14. The summed E-state index contributed by atoms with van der Waals surface area (Å²) in [6.45, 7) is 0. The van der Waals surface area contributed by atoms with Gasteiger partial charge in [0.2, 0.25) is 11.8 Å². The molecule has 1 unspecified atom stereocenters. The number of thioether (sulfide) groups is 1. The average molecular weight is 344 g/mol. The lowest BCUT2D eigenvalue weighted by molar-refractivity contribution is -0.121. The molecule has 3 amide bonds. The molecule has 1 heterocycles. The maximum atomic E-state index is 13.0. The van der Waals surface area contributed by atoms with Gasteiger partial charge in [0, 0.05) is 12.1 Å². The highest BCUT2D eigenvalue weighted by atomic mass is 32.2. The molecule has 7 heteroatoms. The first-order valence-electron chi connectivity index (χ1n) is 7.19. The highest BCUT2D eigenvalue weighted by molar-refractivity contribution is 8.15. The zero-order valence-corrected chi connectivity index (χ0v) is 13.3. The lowest BCUT2D eigenvalue weighted by Crippen LogP contribution is -2.32. The highest BCUT2D eigenvalue weighted by Gasteiger charge is 2.41. The first-order chi connectivity index (χ1) is 11.5. The fraction of sp³-hybridized carbons (Fsp3) is 0.118. The molecule has 0 radical (unpaired) electrons. The number of nitrogens with zero attached hydrogens (tertiary/aromatic N) is 1. The molecule has 24 heavy (non-hydrogen) atoms. The molecule has 0 spiro atoms. The minimum absolute atomic E-state index is 0.109. The quantitative estimate of drug-likeness (QED) is 0.923. The molecule has 1 fully saturated rings. The van der Waals surface area contributed by atoms with Crippen LogP contribution in [-0.2, 0) is 9.59 Å². The van der Waals surface area contributed by atoms with Gasteiger partial charge in [-0.05, 0) is 48.2 Å². The van der Waals surface area contributed by atoms with Crippen LogP contribution in [0.15, 0.2) is 54.6 Å². The third-order valence-corrected chi connectivity index (χ3v) is 4.47. The number of nitrogens with one attached hydrogen (secondary N) is 1. The van der Waals surface area contributed by atoms with E-state index in [1.165, 1.54) is 24.3 Å². The van der Waals surface area contributed by atoms with Crippen LogP contribution in [0.4, 0.5) is 20.6 Å². The zero-order valence-electron chi connectivity index (χ0n) is 12.4. The lowest BCUT2D eigenvalue weighted by atomic mass is 10.2. The zero-order chi connectivity index (χ0) is 17.1. The minimum Gasteiger partial charge on any atom is -0.326 e. The van der Waals surface area contributed by atoms with E-state index in [2.05, 4.69) is 5.32 Å². The molecule has 0 aliphatic carbocycles. The van der Waals surface area contributed by atoms with Crippen LogP contribution in [0.2, 0.25) is 0 Å². The van der Waals surface area contributed by atoms with Crippen LogP contribution in [0.1, 0.15) is 6.42 Å². The van der Waals surface area contributed by atoms with Crippen molar-refractivity contribution in [1.29, 1.82) is 0 Å². The SMILES string of the molecule is O=C(CC1SC(=O)N(c2ccc(F)cc2)C1=O)Nc1ccccc1. The average Bonchev–Trinajstić information content (AvgIpc) is 2.83. The van der Waals surface area contributed by atoms with Crippen molar-refractivity contribution in [3.8, 4) is 0 Å². The molecule has 3 rings (SSSR count). The topological polar surface area (TPSA) is 66.5 Å². The van der Waals surface area contributed by atoms with E-state index in [1.807, 2.05) is 6.07 Å². The van der Waals surface area contributed by atoms with Gasteiger partial charge in [0.1, 0.15) is 11.1 Å². The summed E-state index contributed by atoms with van der Waals surface area (Å²) in [7, 11) is 0. The van der Waals surface area contributed by atoms with Crippen molar-refractivity contribution >= 4 is 40.2 Å². The van der Waals surface area contributed by atoms with E-state index in [1.54, 1.807) is 24.3 Å². The van der Waals surface area contributed by atoms with Gasteiger partial charge < -0.3 is 5.32 Å². The van der Waals surface area contributed by atoms with Crippen molar-refractivity contribution in [2.45, 2.75) is 11.7 Å². The van der Waals surface area contributed by atoms with Gasteiger partial charge in [-0.3, -0.25) is 14.4 Å². The molecule has 5 nitrogen and oxygen atoms in total. The fourth-order valence-electron chi connectivity index (χ4n) is 2.31. The Morgan fingerprint density at radius 1 is 1.08 bits per heavy atom. The Kier molecular flexibility index (Phi) is 4.61. The molecule has 1 atom stereocenters. The summed E-state index contributed by atoms with van der Waals surface area (Å²) in [4.78, 5) is 37.5. The standard InChI is InChI=1S/C17H13FN2O3S/c18-11-6-8-13(9-7-11)20-16(22)14(24-17(20)23)10-15(21)19-12-4-2-1-3-5-12/h1-9,14H,10H2,(H,19,21). The van der Waals surface area contributed by atoms with Crippen LogP contribution in [0.5, 0.6) is 0 Å². The Morgan fingerprint density at radius 3 is 2.42 bits per heavy atom. The molecule has 1 N–H and O–H groups in total. The van der Waals surface area contributed by atoms with Crippen LogP contribution in [0.25, 0.3) is 0 Å². The van der Waals surface area contributed by atoms with Gasteiger partial charge in [0.25, 0.3) is 5.24 Å². The van der Waals surface area contributed by atoms with Crippen LogP contribution in [0.3, 0.4) is 0 Å². The summed E-state index contributed by atoms with van der Waals surface area (Å²) >= 11 is 0.803. The predicted octanol–water partition coefficient (Wildman–Crippen LogP) is 3.42. The largest absolute Gasteiger partial charge is 0.326 e. The van der Waals surface area contributed by atoms with E-state index in [-0.39, 0.29) is 12.3 Å². The third kappa shape index (κ3) is 3.46. The van der Waals surface area contributed by atoms with E-state index in [4.69, 9.17) is 0 Å². The number of para-hydroxylation sites is 1. The highest BCUT2D eigenvalue weighted by Crippen LogP contribution is 2.33. The number of carbonyl (C=O) groups excluding carboxylic acids is 3. The number of anilines is 2. The van der Waals surface area contributed by atoms with E-state index in [0.717, 1.165) is 16.7 Å². The third-order valence-electron chi connectivity index (χ3n) is 3.43. The smallest absolute Gasteiger partial charge is 0.293 e. The number of imide groups is 1. The molecule has 2 aromatic carbocycles. The van der Waals surface area contributed by atoms with Crippen molar-refractivity contribution in [2.75, 3.05) is 10.2 Å². The number of benzene rings is 2. The summed E-state index contributed by atoms with van der Waals surface area (Å²) in [5.41, 5.74) is 0.921. The molecule has 0 aromatic heterocycles. The van der Waals surface area contributed by atoms with Crippen molar-refractivity contribution in [2.24, 2.45) is 0 Å². The number of amides is 3. The summed E-state index contributed by atoms with van der Waals surface area (Å²) in [6, 6.07) is 13.9. The van der Waals surface area contributed by atoms with Gasteiger partial charge >= 0.3 is 0 Å². The van der Waals surface area contributed by atoms with E-state index < -0.39 is 22.2 Å². The maximum Gasteiger partial charge on any atom is 0.293 e. The summed E-state index contributed by atoms with van der Waals surface area (Å²) in [5.74, 6) is -1.27. The van der Waals surface area contributed by atoms with Crippen LogP contribution in [0, 0.1) is 5.82 Å². The number of halogens is 1. The lowest BCUT2D eigenvalue weighted by Gasteiger charge is -2.13. The van der Waals surface area contributed by atoms with Crippen molar-refractivity contribution in [1.82, 2.24) is 0 Å². The number of rotatable bonds is 4. The maximum absolute atomic E-state index is 13.0. The Bertz CT molecular complexity index is 780. The van der Waals surface area contributed by atoms with Crippen molar-refractivity contribution in [3.05, 3.63) is 60.4 Å². The van der Waals surface area contributed by atoms with Crippen molar-refractivity contribution < 1.29 is 18.8 Å². The fourth-order valence-corrected chi connectivity index (χ4v) is 3.30. The van der Waals surface area contributed by atoms with Gasteiger partial charge in [0.05, 0.1) is 5.69 Å². The van der Waals surface area contributed by atoms with E-state index in [9.17, 15) is 18.8 Å². The van der Waals surface area contributed by atoms with Gasteiger partial charge in [-0.25, -0.2) is 9.29 Å². The number of carbonyl (C=O) groups is 3. The number of hydrogen-bond donors (Lipinski definition) is 1. The summed E-state index contributed by atoms with van der Waals surface area (Å²) in [6.07, 6.45) is -0.109. The van der Waals surface area contributed by atoms with Crippen LogP contribution < -0.4 is 10.2 Å². The summed E-state index contributed by atoms with van der Waals surface area (Å²) < 4.78 is 13.0. The Hall–Kier alpha value is -2.67. The first-order valence-corrected chi connectivity index (χ1v) is 8.07. The van der Waals surface area contributed by atoms with E-state index in [0.29, 0.717) is 11.4 Å². The molecule has 1 saturated heterocycles. The second kappa shape index (κ2) is 6.84. The molecule has 0 bridgehead atoms. The van der Waals surface area contributed by atoms with E-state index >= 15 is 0 Å². The minimum atomic E-state index is -0.786. The second-order valence-corrected chi connectivity index (χ2v) is 6.29. The van der Waals surface area contributed by atoms with Crippen LogP contribution >= 0.6 is 11.8 Å². The normalized spacial score (nSPS) is 17.2. The first kappa shape index (κ1) is 16.2. The predicted molar refractivity (Wildman–Crippen MR) is 90.3 cm³/mol. The molecular weight excluding hydrogens is 331 g/mol. The van der Waals surface area contributed by atoms with Crippen molar-refractivity contribution in [3.63, 3.8) is 0 Å². The monoisotopic (exact) mass is 344 g/mol. The molecule has 122 valence electrons. The Balaban J connectivity index is 1.67. The Morgan fingerprint density at radius 2 is 1.75 bits per heavy atom. The van der Waals surface area contributed by atoms with Gasteiger partial charge in [0.15, 0.2) is 0 Å².